The van der Waals surface area contributed by atoms with Gasteiger partial charge in [-0.05, 0) is 66.8 Å². The van der Waals surface area contributed by atoms with Crippen LogP contribution in [0.3, 0.4) is 0 Å². The summed E-state index contributed by atoms with van der Waals surface area (Å²) in [5.41, 5.74) is -1.65. The molecule has 4 rings (SSSR count). The standard InChI is InChI=1S/C33H36F2N2O5/c1-32(34,35)28-20-26(16-15-24(28)22-36)37-31(38)33(39,25-10-4-3-5-11-25)21-23-9-8-12-27(19-23)41-17-18-42-30-14-7-6-13-29(30)40-2/h6-9,12-16,19-20,25,39H,3-5,10-11,17-18,21H2,1-2H3,(H,37,38). The van der Waals surface area contributed by atoms with Gasteiger partial charge in [0.2, 0.25) is 0 Å². The van der Waals surface area contributed by atoms with E-state index in [4.69, 9.17) is 14.2 Å². The SMILES string of the molecule is COc1ccccc1OCCOc1cccc(CC(O)(C(=O)Nc2ccc(C#N)c(C(C)(F)F)c2)C2CCCCC2)c1. The van der Waals surface area contributed by atoms with E-state index in [0.29, 0.717) is 42.6 Å². The van der Waals surface area contributed by atoms with Crippen LogP contribution in [0.4, 0.5) is 14.5 Å². The zero-order valence-electron chi connectivity index (χ0n) is 23.9. The fourth-order valence-electron chi connectivity index (χ4n) is 5.42. The van der Waals surface area contributed by atoms with Gasteiger partial charge in [0, 0.05) is 24.6 Å². The van der Waals surface area contributed by atoms with Gasteiger partial charge in [-0.15, -0.1) is 0 Å². The van der Waals surface area contributed by atoms with Crippen LogP contribution in [0.25, 0.3) is 0 Å². The molecule has 0 aromatic heterocycles. The van der Waals surface area contributed by atoms with Crippen LogP contribution >= 0.6 is 0 Å². The summed E-state index contributed by atoms with van der Waals surface area (Å²) in [6.07, 6.45) is 4.17. The first-order valence-electron chi connectivity index (χ1n) is 14.1. The second-order valence-electron chi connectivity index (χ2n) is 10.6. The van der Waals surface area contributed by atoms with Crippen molar-refractivity contribution in [3.05, 3.63) is 83.4 Å². The van der Waals surface area contributed by atoms with Gasteiger partial charge in [0.1, 0.15) is 24.6 Å². The van der Waals surface area contributed by atoms with Gasteiger partial charge >= 0.3 is 0 Å². The van der Waals surface area contributed by atoms with Crippen molar-refractivity contribution in [3.63, 3.8) is 0 Å². The maximum absolute atomic E-state index is 14.2. The average molecular weight is 579 g/mol. The summed E-state index contributed by atoms with van der Waals surface area (Å²) in [5, 5.41) is 23.8. The van der Waals surface area contributed by atoms with E-state index in [1.54, 1.807) is 31.4 Å². The van der Waals surface area contributed by atoms with Crippen molar-refractivity contribution in [2.75, 3.05) is 25.6 Å². The van der Waals surface area contributed by atoms with E-state index < -0.39 is 23.0 Å². The lowest BCUT2D eigenvalue weighted by Gasteiger charge is -2.37. The lowest BCUT2D eigenvalue weighted by molar-refractivity contribution is -0.141. The Hall–Kier alpha value is -4.16. The van der Waals surface area contributed by atoms with Crippen LogP contribution in [0.5, 0.6) is 17.2 Å². The highest BCUT2D eigenvalue weighted by molar-refractivity contribution is 5.97. The molecule has 1 atom stereocenters. The monoisotopic (exact) mass is 578 g/mol. The van der Waals surface area contributed by atoms with Gasteiger partial charge in [-0.25, -0.2) is 8.78 Å². The smallest absolute Gasteiger partial charge is 0.271 e. The van der Waals surface area contributed by atoms with Crippen molar-refractivity contribution >= 4 is 11.6 Å². The highest BCUT2D eigenvalue weighted by atomic mass is 19.3. The van der Waals surface area contributed by atoms with Gasteiger partial charge < -0.3 is 24.6 Å². The molecule has 0 saturated heterocycles. The summed E-state index contributed by atoms with van der Waals surface area (Å²) in [4.78, 5) is 13.7. The molecule has 9 heteroatoms. The number of methoxy groups -OCH3 is 1. The number of halogens is 2. The van der Waals surface area contributed by atoms with Gasteiger partial charge in [-0.3, -0.25) is 4.79 Å². The fourth-order valence-corrected chi connectivity index (χ4v) is 5.42. The largest absolute Gasteiger partial charge is 0.493 e. The minimum absolute atomic E-state index is 0.0193. The Morgan fingerprint density at radius 1 is 1.00 bits per heavy atom. The number of hydrogen-bond acceptors (Lipinski definition) is 6. The predicted octanol–water partition coefficient (Wildman–Crippen LogP) is 6.63. The van der Waals surface area contributed by atoms with Gasteiger partial charge in [0.25, 0.3) is 11.8 Å². The van der Waals surface area contributed by atoms with Crippen molar-refractivity contribution in [2.45, 2.75) is 57.0 Å². The Morgan fingerprint density at radius 3 is 2.40 bits per heavy atom. The number of ether oxygens (including phenoxy) is 3. The normalized spacial score (nSPS) is 15.2. The molecule has 1 fully saturated rings. The molecule has 7 nitrogen and oxygen atoms in total. The van der Waals surface area contributed by atoms with Gasteiger partial charge in [0.15, 0.2) is 11.5 Å². The van der Waals surface area contributed by atoms with E-state index in [9.17, 15) is 23.9 Å². The topological polar surface area (TPSA) is 101 Å². The molecule has 0 spiro atoms. The first-order chi connectivity index (χ1) is 20.1. The number of alkyl halides is 2. The first kappa shape index (κ1) is 30.8. The summed E-state index contributed by atoms with van der Waals surface area (Å²) in [5.74, 6) is -2.45. The molecule has 0 bridgehead atoms. The van der Waals surface area contributed by atoms with E-state index >= 15 is 0 Å². The molecule has 0 radical (unpaired) electrons. The molecule has 1 amide bonds. The fraction of sp³-hybridized carbons (Fsp3) is 0.394. The number of aliphatic hydroxyl groups is 1. The van der Waals surface area contributed by atoms with E-state index in [2.05, 4.69) is 5.32 Å². The number of nitrogens with zero attached hydrogens (tertiary/aromatic N) is 1. The Morgan fingerprint density at radius 2 is 1.71 bits per heavy atom. The van der Waals surface area contributed by atoms with E-state index in [1.807, 2.05) is 30.3 Å². The molecular formula is C33H36F2N2O5. The van der Waals surface area contributed by atoms with Crippen molar-refractivity contribution in [1.82, 2.24) is 0 Å². The third-order valence-electron chi connectivity index (χ3n) is 7.60. The van der Waals surface area contributed by atoms with Gasteiger partial charge in [-0.1, -0.05) is 43.5 Å². The number of benzene rings is 3. The third kappa shape index (κ3) is 7.56. The number of carbonyl (C=O) groups excluding carboxylic acids is 1. The molecular weight excluding hydrogens is 542 g/mol. The molecule has 1 aliphatic carbocycles. The molecule has 3 aromatic carbocycles. The van der Waals surface area contributed by atoms with Crippen molar-refractivity contribution in [3.8, 4) is 23.3 Å². The van der Waals surface area contributed by atoms with Crippen LogP contribution in [-0.2, 0) is 17.1 Å². The number of amides is 1. The molecule has 2 N–H and O–H groups in total. The number of rotatable bonds is 12. The Labute approximate surface area is 245 Å². The zero-order chi connectivity index (χ0) is 30.2. The average Bonchev–Trinajstić information content (AvgIpc) is 2.99. The van der Waals surface area contributed by atoms with Crippen LogP contribution in [0.2, 0.25) is 0 Å². The summed E-state index contributed by atoms with van der Waals surface area (Å²) in [6.45, 7) is 1.24. The summed E-state index contributed by atoms with van der Waals surface area (Å²) in [7, 11) is 1.57. The second kappa shape index (κ2) is 13.7. The van der Waals surface area contributed by atoms with E-state index in [-0.39, 0.29) is 36.8 Å². The number of anilines is 1. The van der Waals surface area contributed by atoms with Crippen molar-refractivity contribution < 1.29 is 32.9 Å². The molecule has 42 heavy (non-hydrogen) atoms. The molecule has 0 aliphatic heterocycles. The molecule has 222 valence electrons. The zero-order valence-corrected chi connectivity index (χ0v) is 23.9. The van der Waals surface area contributed by atoms with Crippen molar-refractivity contribution in [1.29, 1.82) is 5.26 Å². The minimum Gasteiger partial charge on any atom is -0.493 e. The highest BCUT2D eigenvalue weighted by Gasteiger charge is 2.44. The van der Waals surface area contributed by atoms with Crippen LogP contribution < -0.4 is 19.5 Å². The number of nitriles is 1. The molecule has 1 unspecified atom stereocenters. The molecule has 1 saturated carbocycles. The Kier molecular flexibility index (Phi) is 10.0. The predicted molar refractivity (Wildman–Crippen MR) is 155 cm³/mol. The van der Waals surface area contributed by atoms with Gasteiger partial charge in [-0.2, -0.15) is 5.26 Å². The number of para-hydroxylation sites is 2. The molecule has 3 aromatic rings. The quantitative estimate of drug-likeness (QED) is 0.234. The maximum Gasteiger partial charge on any atom is 0.271 e. The minimum atomic E-state index is -3.27. The Bertz CT molecular complexity index is 1410. The number of hydrogen-bond donors (Lipinski definition) is 2. The number of carbonyl (C=O) groups is 1. The highest BCUT2D eigenvalue weighted by Crippen LogP contribution is 2.37. The Balaban J connectivity index is 1.48. The summed E-state index contributed by atoms with van der Waals surface area (Å²) >= 11 is 0. The summed E-state index contributed by atoms with van der Waals surface area (Å²) in [6, 6.07) is 20.0. The maximum atomic E-state index is 14.2. The second-order valence-corrected chi connectivity index (χ2v) is 10.6. The number of nitrogens with one attached hydrogen (secondary N) is 1. The lowest BCUT2D eigenvalue weighted by Crippen LogP contribution is -2.51. The summed E-state index contributed by atoms with van der Waals surface area (Å²) < 4.78 is 45.3. The van der Waals surface area contributed by atoms with Crippen molar-refractivity contribution in [2.24, 2.45) is 5.92 Å². The van der Waals surface area contributed by atoms with Crippen LogP contribution in [0, 0.1) is 17.2 Å². The van der Waals surface area contributed by atoms with Crippen LogP contribution in [-0.4, -0.2) is 36.9 Å². The molecule has 1 aliphatic rings. The van der Waals surface area contributed by atoms with Gasteiger partial charge in [0.05, 0.1) is 18.7 Å². The van der Waals surface area contributed by atoms with Crippen LogP contribution in [0.15, 0.2) is 66.7 Å². The van der Waals surface area contributed by atoms with E-state index in [1.165, 1.54) is 12.1 Å². The molecule has 0 heterocycles. The van der Waals surface area contributed by atoms with Crippen LogP contribution in [0.1, 0.15) is 55.7 Å². The van der Waals surface area contributed by atoms with E-state index in [0.717, 1.165) is 25.3 Å². The first-order valence-corrected chi connectivity index (χ1v) is 14.1. The third-order valence-corrected chi connectivity index (χ3v) is 7.60. The lowest BCUT2D eigenvalue weighted by atomic mass is 9.73.